The van der Waals surface area contributed by atoms with Crippen LogP contribution in [-0.2, 0) is 4.79 Å². The third kappa shape index (κ3) is 5.08. The number of carbonyl (C=O) groups is 1. The zero-order valence-corrected chi connectivity index (χ0v) is 41.0. The molecule has 2 unspecified atom stereocenters. The predicted molar refractivity (Wildman–Crippen MR) is 243 cm³/mol. The maximum atomic E-state index is 14.2. The summed E-state index contributed by atoms with van der Waals surface area (Å²) in [5, 5.41) is 55.4. The molecule has 0 aliphatic heterocycles. The summed E-state index contributed by atoms with van der Waals surface area (Å²) in [6.45, 7) is 18.6. The zero-order valence-electron chi connectivity index (χ0n) is 41.0. The lowest BCUT2D eigenvalue weighted by molar-refractivity contribution is -0.197. The molecule has 0 amide bonds. The Morgan fingerprint density at radius 1 is 0.597 bits per heavy atom. The lowest BCUT2D eigenvalue weighted by Gasteiger charge is -2.64. The minimum absolute atomic E-state index is 0.0143. The van der Waals surface area contributed by atoms with E-state index in [-0.39, 0.29) is 122 Å². The van der Waals surface area contributed by atoms with E-state index in [4.69, 9.17) is 11.5 Å². The number of carbonyl (C=O) groups excluding carboxylic acids is 1. The molecule has 0 heterocycles. The molecule has 0 radical (unpaired) electrons. The molecular weight excluding hydrogens is 777 g/mol. The van der Waals surface area contributed by atoms with Crippen LogP contribution in [0.15, 0.2) is 0 Å². The first-order valence-corrected chi connectivity index (χ1v) is 25.3. The first-order valence-electron chi connectivity index (χ1n) is 25.3. The minimum atomic E-state index is -0.356. The van der Waals surface area contributed by atoms with Gasteiger partial charge in [-0.2, -0.15) is 0 Å². The first kappa shape index (κ1) is 46.4. The number of hydrogen-bond donors (Lipinski definition) is 7. The van der Waals surface area contributed by atoms with E-state index in [0.717, 1.165) is 83.5 Å². The lowest BCUT2D eigenvalue weighted by atomic mass is 9.41. The summed E-state index contributed by atoms with van der Waals surface area (Å²) in [5.74, 6) is 2.27. The van der Waals surface area contributed by atoms with Gasteiger partial charge in [-0.15, -0.1) is 0 Å². The lowest BCUT2D eigenvalue weighted by Crippen LogP contribution is -2.64. The third-order valence-corrected chi connectivity index (χ3v) is 25.2. The van der Waals surface area contributed by atoms with E-state index in [2.05, 4.69) is 93.4 Å². The highest BCUT2D eigenvalue weighted by atomic mass is 16.3. The Bertz CT molecular complexity index is 1820. The molecular formula is C52H90N4O6. The molecule has 0 aromatic carbocycles. The van der Waals surface area contributed by atoms with Crippen LogP contribution in [0.25, 0.3) is 0 Å². The van der Waals surface area contributed by atoms with Gasteiger partial charge in [-0.1, -0.05) is 41.5 Å². The van der Waals surface area contributed by atoms with Crippen molar-refractivity contribution in [2.24, 2.45) is 101 Å². The van der Waals surface area contributed by atoms with Crippen molar-refractivity contribution in [2.45, 2.75) is 188 Å². The third-order valence-electron chi connectivity index (χ3n) is 25.2. The highest BCUT2D eigenvalue weighted by molar-refractivity contribution is 5.92. The predicted octanol–water partition coefficient (Wildman–Crippen LogP) is 5.44. The Labute approximate surface area is 375 Å². The number of hydrogen-bond acceptors (Lipinski definition) is 10. The van der Waals surface area contributed by atoms with Crippen LogP contribution in [0.4, 0.5) is 0 Å². The largest absolute Gasteiger partial charge is 0.396 e. The molecule has 0 aromatic heterocycles. The van der Waals surface area contributed by atoms with Crippen molar-refractivity contribution in [3.05, 3.63) is 0 Å². The summed E-state index contributed by atoms with van der Waals surface area (Å²) in [4.78, 5) is 18.6. The fourth-order valence-corrected chi connectivity index (χ4v) is 21.2. The van der Waals surface area contributed by atoms with Crippen LogP contribution in [0.1, 0.15) is 145 Å². The van der Waals surface area contributed by atoms with E-state index in [1.807, 2.05) is 0 Å². The molecule has 10 nitrogen and oxygen atoms in total. The van der Waals surface area contributed by atoms with Crippen LogP contribution in [0, 0.1) is 89.7 Å². The molecule has 62 heavy (non-hydrogen) atoms. The summed E-state index contributed by atoms with van der Waals surface area (Å²) in [7, 11) is 8.40. The second-order valence-electron chi connectivity index (χ2n) is 26.7. The van der Waals surface area contributed by atoms with Crippen molar-refractivity contribution < 1.29 is 30.3 Å². The molecule has 9 N–H and O–H groups in total. The summed E-state index contributed by atoms with van der Waals surface area (Å²) >= 11 is 0. The molecule has 10 heteroatoms. The maximum Gasteiger partial charge on any atom is 0.140 e. The summed E-state index contributed by atoms with van der Waals surface area (Å²) in [6.07, 6.45) is 12.4. The van der Waals surface area contributed by atoms with Gasteiger partial charge < -0.3 is 46.8 Å². The molecule has 0 saturated heterocycles. The SMILES string of the molecule is C[C@@H]([C@H]1[C@H](O)C[C@@]2(C)[C@@H]3CC[C@@H]4C5(CC[C@H](N)[C@@]4(C)CO)C[C@@]35C(=O)C[C@]12C)N(C)C.C[C@@H]([C@H]1[C@H](O)C[C@@]2(C)[C@@H]3CC[C@@H]4C5(CC[C@H](N)[C@@]4(C)CO)C[C@@]35[C@@H](O)C[C@]12C)N(C)C. The van der Waals surface area contributed by atoms with Crippen LogP contribution in [-0.4, -0.2) is 125 Å². The number of nitrogens with zero attached hydrogens (tertiary/aromatic N) is 2. The zero-order chi connectivity index (χ0) is 45.6. The number of aliphatic hydroxyl groups is 5. The Morgan fingerprint density at radius 2 is 1.03 bits per heavy atom. The van der Waals surface area contributed by atoms with Crippen LogP contribution in [0.5, 0.6) is 0 Å². The number of Topliss-reactive ketones (excluding diaryl/α,β-unsaturated/α-hetero) is 1. The van der Waals surface area contributed by atoms with Crippen molar-refractivity contribution >= 4 is 5.78 Å². The van der Waals surface area contributed by atoms with Gasteiger partial charge in [-0.25, -0.2) is 0 Å². The van der Waals surface area contributed by atoms with Crippen molar-refractivity contribution in [3.63, 3.8) is 0 Å². The normalized spacial score (nSPS) is 60.1. The maximum absolute atomic E-state index is 14.2. The highest BCUT2D eigenvalue weighted by Crippen LogP contribution is 2.90. The Kier molecular flexibility index (Phi) is 10.4. The van der Waals surface area contributed by atoms with E-state index in [9.17, 15) is 30.3 Å². The quantitative estimate of drug-likeness (QED) is 0.182. The van der Waals surface area contributed by atoms with Crippen molar-refractivity contribution in [1.82, 2.24) is 9.80 Å². The summed E-state index contributed by atoms with van der Waals surface area (Å²) in [5.41, 5.74) is 12.2. The van der Waals surface area contributed by atoms with Crippen LogP contribution in [0.3, 0.4) is 0 Å². The molecule has 23 atom stereocenters. The molecule has 10 fully saturated rings. The van der Waals surface area contributed by atoms with Gasteiger partial charge in [0.2, 0.25) is 0 Å². The van der Waals surface area contributed by atoms with Crippen LogP contribution < -0.4 is 11.5 Å². The molecule has 4 spiro atoms. The van der Waals surface area contributed by atoms with Crippen molar-refractivity contribution in [3.8, 4) is 0 Å². The monoisotopic (exact) mass is 867 g/mol. The van der Waals surface area contributed by atoms with Gasteiger partial charge in [0.05, 0.1) is 31.5 Å². The molecule has 0 aromatic rings. The fraction of sp³-hybridized carbons (Fsp3) is 0.981. The molecule has 0 bridgehead atoms. The molecule has 10 aliphatic rings. The van der Waals surface area contributed by atoms with Crippen molar-refractivity contribution in [2.75, 3.05) is 41.4 Å². The van der Waals surface area contributed by atoms with Gasteiger partial charge in [0.15, 0.2) is 0 Å². The first-order chi connectivity index (χ1) is 28.7. The van der Waals surface area contributed by atoms with Crippen LogP contribution >= 0.6 is 0 Å². The summed E-state index contributed by atoms with van der Waals surface area (Å²) < 4.78 is 0. The molecule has 10 saturated carbocycles. The Balaban J connectivity index is 0.000000158. The summed E-state index contributed by atoms with van der Waals surface area (Å²) in [6, 6.07) is 0.569. The smallest absolute Gasteiger partial charge is 0.140 e. The minimum Gasteiger partial charge on any atom is -0.396 e. The molecule has 10 aliphatic carbocycles. The number of aliphatic hydroxyl groups excluding tert-OH is 5. The Morgan fingerprint density at radius 3 is 1.53 bits per heavy atom. The van der Waals surface area contributed by atoms with E-state index in [0.29, 0.717) is 35.9 Å². The standard InChI is InChI=1S/C26H46N2O3.C26H44N2O3/c2*1-15(28(5)6)21-16(30)11-23(3)18-8-7-17-22(2,14-29)19(27)9-10-25(17)13-26(18,25)20(31)12-24(21,23)4/h15-21,29-31H,7-14,27H2,1-6H3;15-19,21,29-30H,7-14,27H2,1-6H3/t15-,16+,17-,18-,19-,20-,21-,22-,23-,24+,25?,26-;15-,16+,17-,18-,19-,21-,22-,23-,24+,25?,26-/m00/s1. The van der Waals surface area contributed by atoms with Gasteiger partial charge in [-0.05, 0) is 182 Å². The Hall–Kier alpha value is -0.690. The van der Waals surface area contributed by atoms with Gasteiger partial charge in [-0.3, -0.25) is 4.79 Å². The average molecular weight is 867 g/mol. The number of rotatable bonds is 6. The highest BCUT2D eigenvalue weighted by Gasteiger charge is 2.87. The van der Waals surface area contributed by atoms with Gasteiger partial charge in [0, 0.05) is 64.1 Å². The van der Waals surface area contributed by atoms with Gasteiger partial charge >= 0.3 is 0 Å². The van der Waals surface area contributed by atoms with Crippen LogP contribution in [0.2, 0.25) is 0 Å². The molecule has 354 valence electrons. The fourth-order valence-electron chi connectivity index (χ4n) is 21.2. The molecule has 10 rings (SSSR count). The topological polar surface area (TPSA) is 177 Å². The second-order valence-corrected chi connectivity index (χ2v) is 26.7. The van der Waals surface area contributed by atoms with E-state index in [1.54, 1.807) is 0 Å². The van der Waals surface area contributed by atoms with E-state index >= 15 is 0 Å². The van der Waals surface area contributed by atoms with Crippen molar-refractivity contribution in [1.29, 1.82) is 0 Å². The van der Waals surface area contributed by atoms with E-state index < -0.39 is 0 Å². The van der Waals surface area contributed by atoms with Gasteiger partial charge in [0.1, 0.15) is 5.78 Å². The van der Waals surface area contributed by atoms with Gasteiger partial charge in [0.25, 0.3) is 0 Å². The second kappa shape index (κ2) is 14.0. The average Bonchev–Trinajstić information content (AvgIpc) is 4.06. The number of nitrogens with two attached hydrogens (primary N) is 2. The number of fused-ring (bicyclic) bond motifs is 4. The van der Waals surface area contributed by atoms with E-state index in [1.165, 1.54) is 0 Å². The number of ketones is 1.